The van der Waals surface area contributed by atoms with Crippen molar-refractivity contribution in [1.82, 2.24) is 0 Å². The van der Waals surface area contributed by atoms with E-state index in [4.69, 9.17) is 4.74 Å². The molecule has 0 spiro atoms. The maximum Gasteiger partial charge on any atom is 0.119 e. The molecule has 18 heavy (non-hydrogen) atoms. The highest BCUT2D eigenvalue weighted by molar-refractivity contribution is 5.31. The van der Waals surface area contributed by atoms with Gasteiger partial charge in [-0.2, -0.15) is 0 Å². The first kappa shape index (κ1) is 15.0. The summed E-state index contributed by atoms with van der Waals surface area (Å²) in [5.74, 6) is 0.779. The molecular formula is C16H25O2. The van der Waals surface area contributed by atoms with E-state index in [-0.39, 0.29) is 18.6 Å². The van der Waals surface area contributed by atoms with E-state index in [1.54, 1.807) is 0 Å². The Morgan fingerprint density at radius 3 is 2.00 bits per heavy atom. The predicted molar refractivity (Wildman–Crippen MR) is 74.6 cm³/mol. The van der Waals surface area contributed by atoms with Crippen molar-refractivity contribution in [2.75, 3.05) is 13.2 Å². The summed E-state index contributed by atoms with van der Waals surface area (Å²) in [5, 5.41) is 10.4. The molecule has 0 N–H and O–H groups in total. The van der Waals surface area contributed by atoms with Crippen LogP contribution in [0.3, 0.4) is 0 Å². The lowest BCUT2D eigenvalue weighted by molar-refractivity contribution is 0.138. The van der Waals surface area contributed by atoms with E-state index in [2.05, 4.69) is 46.8 Å². The first-order chi connectivity index (χ1) is 8.24. The Morgan fingerprint density at radius 1 is 1.00 bits per heavy atom. The second-order valence-corrected chi connectivity index (χ2v) is 6.70. The Bertz CT molecular complexity index is 358. The molecule has 1 radical (unpaired) electrons. The summed E-state index contributed by atoms with van der Waals surface area (Å²) in [6.45, 7) is 11.4. The third-order valence-electron chi connectivity index (χ3n) is 2.96. The van der Waals surface area contributed by atoms with Crippen molar-refractivity contribution in [2.45, 2.75) is 46.5 Å². The highest BCUT2D eigenvalue weighted by atomic mass is 16.5. The van der Waals surface area contributed by atoms with Crippen LogP contribution in [0, 0.1) is 5.41 Å². The zero-order valence-electron chi connectivity index (χ0n) is 12.2. The number of hydrogen-bond donors (Lipinski definition) is 0. The van der Waals surface area contributed by atoms with E-state index in [9.17, 15) is 5.11 Å². The first-order valence-corrected chi connectivity index (χ1v) is 6.56. The SMILES string of the molecule is CC(C)(C)CC(C)(C)c1ccc(OCC[O])cc1. The van der Waals surface area contributed by atoms with Crippen molar-refractivity contribution < 1.29 is 9.84 Å². The highest BCUT2D eigenvalue weighted by Gasteiger charge is 2.27. The molecule has 0 saturated carbocycles. The molecule has 0 amide bonds. The second-order valence-electron chi connectivity index (χ2n) is 6.70. The Morgan fingerprint density at radius 2 is 1.56 bits per heavy atom. The minimum atomic E-state index is -0.197. The van der Waals surface area contributed by atoms with E-state index in [0.29, 0.717) is 5.41 Å². The van der Waals surface area contributed by atoms with Crippen LogP contribution in [-0.4, -0.2) is 13.2 Å². The van der Waals surface area contributed by atoms with Crippen molar-refractivity contribution in [2.24, 2.45) is 5.41 Å². The molecule has 2 nitrogen and oxygen atoms in total. The Hall–Kier alpha value is -1.02. The van der Waals surface area contributed by atoms with Gasteiger partial charge in [-0.3, -0.25) is 0 Å². The lowest BCUT2D eigenvalue weighted by atomic mass is 9.72. The van der Waals surface area contributed by atoms with Crippen LogP contribution in [0.5, 0.6) is 5.75 Å². The minimum absolute atomic E-state index is 0.148. The maximum atomic E-state index is 10.4. The number of hydrogen-bond acceptors (Lipinski definition) is 1. The van der Waals surface area contributed by atoms with Gasteiger partial charge in [-0.15, -0.1) is 0 Å². The van der Waals surface area contributed by atoms with Crippen LogP contribution < -0.4 is 4.74 Å². The van der Waals surface area contributed by atoms with Gasteiger partial charge in [-0.05, 0) is 34.9 Å². The summed E-state index contributed by atoms with van der Waals surface area (Å²) in [6, 6.07) is 8.11. The Labute approximate surface area is 111 Å². The topological polar surface area (TPSA) is 29.1 Å². The van der Waals surface area contributed by atoms with Crippen LogP contribution >= 0.6 is 0 Å². The largest absolute Gasteiger partial charge is 0.491 e. The first-order valence-electron chi connectivity index (χ1n) is 6.56. The zero-order chi connectivity index (χ0) is 13.8. The summed E-state index contributed by atoms with van der Waals surface area (Å²) >= 11 is 0. The summed E-state index contributed by atoms with van der Waals surface area (Å²) in [6.07, 6.45) is 1.13. The van der Waals surface area contributed by atoms with Crippen molar-refractivity contribution in [3.8, 4) is 5.75 Å². The van der Waals surface area contributed by atoms with Gasteiger partial charge >= 0.3 is 0 Å². The summed E-state index contributed by atoms with van der Waals surface area (Å²) in [4.78, 5) is 0. The van der Waals surface area contributed by atoms with Crippen LogP contribution in [0.1, 0.15) is 46.6 Å². The molecule has 1 aromatic carbocycles. The molecule has 0 saturated heterocycles. The highest BCUT2D eigenvalue weighted by Crippen LogP contribution is 2.36. The average Bonchev–Trinajstić information content (AvgIpc) is 2.23. The zero-order valence-corrected chi connectivity index (χ0v) is 12.2. The molecule has 0 aliphatic heterocycles. The molecule has 0 unspecified atom stereocenters. The summed E-state index contributed by atoms with van der Waals surface area (Å²) in [7, 11) is 0. The molecule has 0 aliphatic rings. The number of rotatable bonds is 5. The summed E-state index contributed by atoms with van der Waals surface area (Å²) < 4.78 is 5.31. The molecule has 1 aromatic rings. The smallest absolute Gasteiger partial charge is 0.119 e. The van der Waals surface area contributed by atoms with Gasteiger partial charge in [0.1, 0.15) is 19.0 Å². The van der Waals surface area contributed by atoms with Crippen molar-refractivity contribution in [3.63, 3.8) is 0 Å². The van der Waals surface area contributed by atoms with Gasteiger partial charge < -0.3 is 4.74 Å². The van der Waals surface area contributed by atoms with Gasteiger partial charge in [0.15, 0.2) is 0 Å². The monoisotopic (exact) mass is 249 g/mol. The predicted octanol–water partition coefficient (Wildman–Crippen LogP) is 4.21. The molecule has 0 fully saturated rings. The molecule has 0 atom stereocenters. The van der Waals surface area contributed by atoms with Crippen LogP contribution in [0.4, 0.5) is 0 Å². The number of benzene rings is 1. The third-order valence-corrected chi connectivity index (χ3v) is 2.96. The fraction of sp³-hybridized carbons (Fsp3) is 0.625. The Kier molecular flexibility index (Phi) is 4.80. The van der Waals surface area contributed by atoms with Crippen LogP contribution in [0.15, 0.2) is 24.3 Å². The van der Waals surface area contributed by atoms with E-state index < -0.39 is 0 Å². The molecule has 0 bridgehead atoms. The molecule has 101 valence electrons. The normalized spacial score (nSPS) is 12.6. The van der Waals surface area contributed by atoms with Gasteiger partial charge in [-0.1, -0.05) is 46.8 Å². The minimum Gasteiger partial charge on any atom is -0.491 e. The Balaban J connectivity index is 2.77. The lowest BCUT2D eigenvalue weighted by Gasteiger charge is -2.33. The molecular weight excluding hydrogens is 224 g/mol. The standard InChI is InChI=1S/C16H25O2/c1-15(2,3)12-16(4,5)13-6-8-14(9-7-13)18-11-10-17/h6-9H,10-12H2,1-5H3. The van der Waals surface area contributed by atoms with Crippen molar-refractivity contribution >= 4 is 0 Å². The quantitative estimate of drug-likeness (QED) is 0.768. The fourth-order valence-corrected chi connectivity index (χ4v) is 2.59. The third kappa shape index (κ3) is 4.69. The van der Waals surface area contributed by atoms with Crippen LogP contribution in [-0.2, 0) is 10.5 Å². The van der Waals surface area contributed by atoms with Crippen LogP contribution in [0.25, 0.3) is 0 Å². The van der Waals surface area contributed by atoms with E-state index >= 15 is 0 Å². The van der Waals surface area contributed by atoms with E-state index in [1.165, 1.54) is 5.56 Å². The van der Waals surface area contributed by atoms with Crippen LogP contribution in [0.2, 0.25) is 0 Å². The molecule has 0 aromatic heterocycles. The molecule has 0 aliphatic carbocycles. The van der Waals surface area contributed by atoms with E-state index in [0.717, 1.165) is 12.2 Å². The number of ether oxygens (including phenoxy) is 1. The van der Waals surface area contributed by atoms with E-state index in [1.807, 2.05) is 12.1 Å². The second kappa shape index (κ2) is 5.75. The molecule has 2 heteroatoms. The maximum absolute atomic E-state index is 10.4. The van der Waals surface area contributed by atoms with Gasteiger partial charge in [0, 0.05) is 0 Å². The van der Waals surface area contributed by atoms with Gasteiger partial charge in [0.05, 0.1) is 0 Å². The van der Waals surface area contributed by atoms with Crippen molar-refractivity contribution in [3.05, 3.63) is 29.8 Å². The molecule has 1 rings (SSSR count). The molecule has 0 heterocycles. The van der Waals surface area contributed by atoms with Crippen molar-refractivity contribution in [1.29, 1.82) is 0 Å². The van der Waals surface area contributed by atoms with Gasteiger partial charge in [0.25, 0.3) is 0 Å². The van der Waals surface area contributed by atoms with Gasteiger partial charge in [0.2, 0.25) is 0 Å². The summed E-state index contributed by atoms with van der Waals surface area (Å²) in [5.41, 5.74) is 1.77. The fourth-order valence-electron chi connectivity index (χ4n) is 2.59. The lowest BCUT2D eigenvalue weighted by Crippen LogP contribution is -2.24. The van der Waals surface area contributed by atoms with Gasteiger partial charge in [-0.25, -0.2) is 5.11 Å². The average molecular weight is 249 g/mol.